The Morgan fingerprint density at radius 3 is 2.52 bits per heavy atom. The summed E-state index contributed by atoms with van der Waals surface area (Å²) in [4.78, 5) is 4.67. The fourth-order valence-corrected chi connectivity index (χ4v) is 2.84. The number of aliphatic imine (C=N–C) groups is 1. The van der Waals surface area contributed by atoms with Gasteiger partial charge in [-0.2, -0.15) is 0 Å². The number of hydrogen-bond donors (Lipinski definition) is 3. The second-order valence-electron chi connectivity index (χ2n) is 6.59. The third-order valence-corrected chi connectivity index (χ3v) is 4.34. The van der Waals surface area contributed by atoms with Crippen molar-refractivity contribution in [2.75, 3.05) is 32.8 Å². The van der Waals surface area contributed by atoms with Gasteiger partial charge in [0.25, 0.3) is 0 Å². The maximum absolute atomic E-state index is 9.17. The summed E-state index contributed by atoms with van der Waals surface area (Å²) >= 11 is 0. The van der Waals surface area contributed by atoms with Crippen LogP contribution in [0.25, 0.3) is 0 Å². The fourth-order valence-electron chi connectivity index (χ4n) is 2.84. The van der Waals surface area contributed by atoms with Crippen LogP contribution in [0.4, 0.5) is 0 Å². The minimum absolute atomic E-state index is 0. The molecule has 0 saturated heterocycles. The standard InChI is InChI=1S/C21H37N3O2.HI/c1-4-10-19(13-15-25)17-24-21(22-5-2)23-14-9-16-26-18(3)20-11-7-6-8-12-20;/h6-8,11-12,18-19,25H,4-5,9-10,13-17H2,1-3H3,(H2,22,23,24);1H. The maximum Gasteiger partial charge on any atom is 0.191 e. The zero-order valence-electron chi connectivity index (χ0n) is 17.1. The Bertz CT molecular complexity index is 480. The van der Waals surface area contributed by atoms with Crippen LogP contribution < -0.4 is 10.6 Å². The van der Waals surface area contributed by atoms with Gasteiger partial charge >= 0.3 is 0 Å². The van der Waals surface area contributed by atoms with Crippen molar-refractivity contribution in [2.45, 2.75) is 52.6 Å². The van der Waals surface area contributed by atoms with Crippen LogP contribution >= 0.6 is 24.0 Å². The average molecular weight is 491 g/mol. The summed E-state index contributed by atoms with van der Waals surface area (Å²) < 4.78 is 5.90. The van der Waals surface area contributed by atoms with Gasteiger partial charge in [0.05, 0.1) is 6.10 Å². The van der Waals surface area contributed by atoms with Gasteiger partial charge in [0, 0.05) is 32.8 Å². The van der Waals surface area contributed by atoms with Crippen LogP contribution in [0.1, 0.15) is 58.1 Å². The first-order valence-corrected chi connectivity index (χ1v) is 10.0. The molecule has 5 nitrogen and oxygen atoms in total. The van der Waals surface area contributed by atoms with E-state index in [1.54, 1.807) is 0 Å². The fraction of sp³-hybridized carbons (Fsp3) is 0.667. The second kappa shape index (κ2) is 17.3. The Hall–Kier alpha value is -0.860. The molecule has 0 aliphatic carbocycles. The van der Waals surface area contributed by atoms with Crippen molar-refractivity contribution >= 4 is 29.9 Å². The number of aliphatic hydroxyl groups excluding tert-OH is 1. The Morgan fingerprint density at radius 1 is 1.15 bits per heavy atom. The molecule has 0 bridgehead atoms. The minimum atomic E-state index is 0. The van der Waals surface area contributed by atoms with Gasteiger partial charge in [-0.1, -0.05) is 43.7 Å². The predicted octanol–water partition coefficient (Wildman–Crippen LogP) is 4.13. The first-order chi connectivity index (χ1) is 12.7. The van der Waals surface area contributed by atoms with E-state index in [-0.39, 0.29) is 36.7 Å². The molecule has 0 aromatic heterocycles. The van der Waals surface area contributed by atoms with Gasteiger partial charge in [-0.15, -0.1) is 24.0 Å². The molecule has 0 radical (unpaired) electrons. The van der Waals surface area contributed by atoms with Crippen molar-refractivity contribution in [1.29, 1.82) is 0 Å². The van der Waals surface area contributed by atoms with Crippen molar-refractivity contribution in [3.05, 3.63) is 35.9 Å². The molecule has 0 saturated carbocycles. The lowest BCUT2D eigenvalue weighted by Gasteiger charge is -2.16. The summed E-state index contributed by atoms with van der Waals surface area (Å²) in [5.41, 5.74) is 1.21. The highest BCUT2D eigenvalue weighted by Crippen LogP contribution is 2.15. The third kappa shape index (κ3) is 12.3. The van der Waals surface area contributed by atoms with Crippen LogP contribution in [0, 0.1) is 5.92 Å². The smallest absolute Gasteiger partial charge is 0.191 e. The van der Waals surface area contributed by atoms with Gasteiger partial charge in [0.2, 0.25) is 0 Å². The Morgan fingerprint density at radius 2 is 1.89 bits per heavy atom. The second-order valence-corrected chi connectivity index (χ2v) is 6.59. The van der Waals surface area contributed by atoms with Gasteiger partial charge in [-0.25, -0.2) is 0 Å². The van der Waals surface area contributed by atoms with Gasteiger partial charge in [-0.3, -0.25) is 4.99 Å². The molecule has 0 aliphatic heterocycles. The number of hydrogen-bond acceptors (Lipinski definition) is 3. The number of guanidine groups is 1. The van der Waals surface area contributed by atoms with Gasteiger partial charge in [-0.05, 0) is 44.6 Å². The van der Waals surface area contributed by atoms with E-state index in [1.807, 2.05) is 18.2 Å². The van der Waals surface area contributed by atoms with Crippen molar-refractivity contribution < 1.29 is 9.84 Å². The highest BCUT2D eigenvalue weighted by molar-refractivity contribution is 14.0. The van der Waals surface area contributed by atoms with Crippen LogP contribution in [-0.2, 0) is 4.74 Å². The van der Waals surface area contributed by atoms with Gasteiger partial charge < -0.3 is 20.5 Å². The molecule has 0 aliphatic rings. The molecule has 156 valence electrons. The zero-order valence-corrected chi connectivity index (χ0v) is 19.4. The highest BCUT2D eigenvalue weighted by atomic mass is 127. The van der Waals surface area contributed by atoms with Crippen LogP contribution in [0.3, 0.4) is 0 Å². The zero-order chi connectivity index (χ0) is 19.0. The van der Waals surface area contributed by atoms with E-state index in [0.717, 1.165) is 51.3 Å². The third-order valence-electron chi connectivity index (χ3n) is 4.34. The lowest BCUT2D eigenvalue weighted by atomic mass is 10.0. The lowest BCUT2D eigenvalue weighted by Crippen LogP contribution is -2.38. The molecule has 27 heavy (non-hydrogen) atoms. The van der Waals surface area contributed by atoms with E-state index in [9.17, 15) is 0 Å². The first-order valence-electron chi connectivity index (χ1n) is 10.0. The van der Waals surface area contributed by atoms with E-state index in [2.05, 4.69) is 48.5 Å². The largest absolute Gasteiger partial charge is 0.396 e. The number of benzene rings is 1. The Balaban J connectivity index is 0.00000676. The number of nitrogens with one attached hydrogen (secondary N) is 2. The molecule has 1 aromatic carbocycles. The van der Waals surface area contributed by atoms with Crippen LogP contribution in [0.5, 0.6) is 0 Å². The highest BCUT2D eigenvalue weighted by Gasteiger charge is 2.07. The van der Waals surface area contributed by atoms with Crippen molar-refractivity contribution in [2.24, 2.45) is 10.9 Å². The van der Waals surface area contributed by atoms with Crippen molar-refractivity contribution in [3.63, 3.8) is 0 Å². The van der Waals surface area contributed by atoms with Crippen LogP contribution in [0.15, 0.2) is 35.3 Å². The molecule has 0 fully saturated rings. The van der Waals surface area contributed by atoms with Gasteiger partial charge in [0.15, 0.2) is 5.96 Å². The van der Waals surface area contributed by atoms with E-state index < -0.39 is 0 Å². The number of aliphatic hydroxyl groups is 1. The monoisotopic (exact) mass is 491 g/mol. The normalized spacial score (nSPS) is 13.6. The topological polar surface area (TPSA) is 65.9 Å². The summed E-state index contributed by atoms with van der Waals surface area (Å²) in [5, 5.41) is 15.8. The molecule has 6 heteroatoms. The molecular weight excluding hydrogens is 453 g/mol. The average Bonchev–Trinajstić information content (AvgIpc) is 2.66. The van der Waals surface area contributed by atoms with Crippen LogP contribution in [0.2, 0.25) is 0 Å². The summed E-state index contributed by atoms with van der Waals surface area (Å²) in [6, 6.07) is 10.3. The molecule has 3 N–H and O–H groups in total. The summed E-state index contributed by atoms with van der Waals surface area (Å²) in [6.45, 7) is 9.70. The molecule has 2 unspecified atom stereocenters. The number of rotatable bonds is 13. The SMILES string of the molecule is CCCC(CCO)CN=C(NCC)NCCCOC(C)c1ccccc1.I. The van der Waals surface area contributed by atoms with E-state index in [1.165, 1.54) is 5.56 Å². The summed E-state index contributed by atoms with van der Waals surface area (Å²) in [5.74, 6) is 1.30. The molecule has 1 rings (SSSR count). The van der Waals surface area contributed by atoms with E-state index in [0.29, 0.717) is 12.5 Å². The molecule has 0 spiro atoms. The quantitative estimate of drug-likeness (QED) is 0.168. The Labute approximate surface area is 182 Å². The molecule has 2 atom stereocenters. The predicted molar refractivity (Wildman–Crippen MR) is 125 cm³/mol. The number of nitrogens with zero attached hydrogens (tertiary/aromatic N) is 1. The lowest BCUT2D eigenvalue weighted by molar-refractivity contribution is 0.0646. The maximum atomic E-state index is 9.17. The summed E-state index contributed by atoms with van der Waals surface area (Å²) in [6.07, 6.45) is 4.10. The molecule has 1 aromatic rings. The minimum Gasteiger partial charge on any atom is -0.396 e. The van der Waals surface area contributed by atoms with E-state index in [4.69, 9.17) is 9.84 Å². The number of ether oxygens (including phenoxy) is 1. The van der Waals surface area contributed by atoms with Crippen LogP contribution in [-0.4, -0.2) is 43.9 Å². The number of halogens is 1. The molecule has 0 amide bonds. The first kappa shape index (κ1) is 26.1. The molecule has 0 heterocycles. The van der Waals surface area contributed by atoms with Crippen molar-refractivity contribution in [1.82, 2.24) is 10.6 Å². The molecular formula is C21H38IN3O2. The van der Waals surface area contributed by atoms with E-state index >= 15 is 0 Å². The van der Waals surface area contributed by atoms with Gasteiger partial charge in [0.1, 0.15) is 0 Å². The summed E-state index contributed by atoms with van der Waals surface area (Å²) in [7, 11) is 0. The Kier molecular flexibility index (Phi) is 16.7. The van der Waals surface area contributed by atoms with Crippen molar-refractivity contribution in [3.8, 4) is 0 Å².